The molecule has 6 heteroatoms. The van der Waals surface area contributed by atoms with Gasteiger partial charge < -0.3 is 15.0 Å². The summed E-state index contributed by atoms with van der Waals surface area (Å²) in [7, 11) is 0. The molecule has 5 nitrogen and oxygen atoms in total. The maximum Gasteiger partial charge on any atom is 0.123 e. The Hall–Kier alpha value is -2.18. The molecule has 1 aromatic carbocycles. The molecule has 0 amide bonds. The van der Waals surface area contributed by atoms with Gasteiger partial charge in [-0.15, -0.1) is 0 Å². The van der Waals surface area contributed by atoms with Crippen LogP contribution in [0.5, 0.6) is 5.75 Å². The number of nitrogens with one attached hydrogen (secondary N) is 1. The minimum absolute atomic E-state index is 0.785. The van der Waals surface area contributed by atoms with Crippen LogP contribution < -0.4 is 15.0 Å². The topological polar surface area (TPSA) is 42.3 Å². The highest BCUT2D eigenvalue weighted by Gasteiger charge is 2.20. The first-order valence-electron chi connectivity index (χ1n) is 8.75. The zero-order valence-electron chi connectivity index (χ0n) is 13.9. The van der Waals surface area contributed by atoms with E-state index in [9.17, 15) is 0 Å². The smallest absolute Gasteiger partial charge is 0.123 e. The SMILES string of the molecule is c1cc2c(c(Sn3cc(N4CCNCC4)c4ncccc43)c1)CCO2. The van der Waals surface area contributed by atoms with Crippen LogP contribution in [0.4, 0.5) is 5.69 Å². The molecule has 5 rings (SSSR count). The highest BCUT2D eigenvalue weighted by atomic mass is 32.2. The van der Waals surface area contributed by atoms with Gasteiger partial charge in [0.05, 0.1) is 17.8 Å². The Balaban J connectivity index is 1.56. The first-order valence-corrected chi connectivity index (χ1v) is 9.52. The normalized spacial score (nSPS) is 16.9. The van der Waals surface area contributed by atoms with Crippen molar-refractivity contribution in [3.8, 4) is 5.75 Å². The molecule has 128 valence electrons. The van der Waals surface area contributed by atoms with E-state index in [1.807, 2.05) is 12.3 Å². The van der Waals surface area contributed by atoms with Crippen molar-refractivity contribution in [3.63, 3.8) is 0 Å². The maximum atomic E-state index is 5.71. The maximum absolute atomic E-state index is 5.71. The molecule has 0 unspecified atom stereocenters. The van der Waals surface area contributed by atoms with E-state index >= 15 is 0 Å². The standard InChI is InChI=1S/C19H20N4OS/c1-4-17-14(6-12-24-17)18(5-1)25-23-13-16(22-10-8-20-9-11-22)19-15(23)3-2-7-21-19/h1-5,7,13,20H,6,8-12H2. The molecule has 0 spiro atoms. The zero-order valence-corrected chi connectivity index (χ0v) is 14.8. The van der Waals surface area contributed by atoms with Gasteiger partial charge in [-0.2, -0.15) is 0 Å². The Morgan fingerprint density at radius 3 is 2.96 bits per heavy atom. The fourth-order valence-corrected chi connectivity index (χ4v) is 4.67. The summed E-state index contributed by atoms with van der Waals surface area (Å²) in [5.74, 6) is 1.03. The lowest BCUT2D eigenvalue weighted by Crippen LogP contribution is -2.43. The van der Waals surface area contributed by atoms with Crippen LogP contribution in [0, 0.1) is 0 Å². The molecule has 25 heavy (non-hydrogen) atoms. The molecule has 1 N–H and O–H groups in total. The minimum atomic E-state index is 0.785. The summed E-state index contributed by atoms with van der Waals surface area (Å²) in [6.45, 7) is 4.88. The van der Waals surface area contributed by atoms with Crippen LogP contribution >= 0.6 is 11.9 Å². The number of piperazine rings is 1. The highest BCUT2D eigenvalue weighted by Crippen LogP contribution is 2.38. The summed E-state index contributed by atoms with van der Waals surface area (Å²) in [5, 5.41) is 3.42. The van der Waals surface area contributed by atoms with Gasteiger partial charge in [-0.05, 0) is 36.2 Å². The number of nitrogens with zero attached hydrogens (tertiary/aromatic N) is 3. The predicted molar refractivity (Wildman–Crippen MR) is 102 cm³/mol. The van der Waals surface area contributed by atoms with Crippen molar-refractivity contribution in [2.45, 2.75) is 11.3 Å². The lowest BCUT2D eigenvalue weighted by Gasteiger charge is -2.28. The summed E-state index contributed by atoms with van der Waals surface area (Å²) >= 11 is 1.76. The van der Waals surface area contributed by atoms with Gasteiger partial charge in [0.15, 0.2) is 0 Å². The predicted octanol–water partition coefficient (Wildman–Crippen LogP) is 2.94. The lowest BCUT2D eigenvalue weighted by molar-refractivity contribution is 0.357. The average molecular weight is 352 g/mol. The molecule has 2 aromatic heterocycles. The van der Waals surface area contributed by atoms with Gasteiger partial charge >= 0.3 is 0 Å². The summed E-state index contributed by atoms with van der Waals surface area (Å²) in [5.41, 5.74) is 4.80. The van der Waals surface area contributed by atoms with Crippen LogP contribution in [0.15, 0.2) is 47.6 Å². The Bertz CT molecular complexity index is 917. The van der Waals surface area contributed by atoms with Crippen LogP contribution in [0.25, 0.3) is 11.0 Å². The fraction of sp³-hybridized carbons (Fsp3) is 0.316. The monoisotopic (exact) mass is 352 g/mol. The second-order valence-corrected chi connectivity index (χ2v) is 7.39. The average Bonchev–Trinajstić information content (AvgIpc) is 3.28. The van der Waals surface area contributed by atoms with Crippen molar-refractivity contribution in [1.29, 1.82) is 0 Å². The number of pyridine rings is 1. The van der Waals surface area contributed by atoms with E-state index < -0.39 is 0 Å². The van der Waals surface area contributed by atoms with Gasteiger partial charge in [-0.25, -0.2) is 0 Å². The van der Waals surface area contributed by atoms with Gasteiger partial charge in [0.1, 0.15) is 11.3 Å². The lowest BCUT2D eigenvalue weighted by atomic mass is 10.2. The van der Waals surface area contributed by atoms with E-state index in [0.717, 1.165) is 56.0 Å². The molecule has 2 aliphatic heterocycles. The summed E-state index contributed by atoms with van der Waals surface area (Å²) < 4.78 is 7.97. The molecule has 1 saturated heterocycles. The Kier molecular flexibility index (Phi) is 3.79. The van der Waals surface area contributed by atoms with Crippen LogP contribution in [0.1, 0.15) is 5.56 Å². The van der Waals surface area contributed by atoms with Crippen LogP contribution in [-0.2, 0) is 6.42 Å². The molecular formula is C19H20N4OS. The number of benzene rings is 1. The van der Waals surface area contributed by atoms with E-state index in [0.29, 0.717) is 0 Å². The second-order valence-electron chi connectivity index (χ2n) is 6.37. The Labute approximate surface area is 151 Å². The van der Waals surface area contributed by atoms with E-state index in [2.05, 4.69) is 49.6 Å². The van der Waals surface area contributed by atoms with Crippen LogP contribution in [0.2, 0.25) is 0 Å². The number of ether oxygens (including phenoxy) is 1. The van der Waals surface area contributed by atoms with Gasteiger partial charge in [0, 0.05) is 55.5 Å². The quantitative estimate of drug-likeness (QED) is 0.785. The number of fused-ring (bicyclic) bond motifs is 2. The first kappa shape index (κ1) is 15.1. The Morgan fingerprint density at radius 2 is 2.04 bits per heavy atom. The third kappa shape index (κ3) is 2.65. The molecular weight excluding hydrogens is 332 g/mol. The summed E-state index contributed by atoms with van der Waals surface area (Å²) in [4.78, 5) is 8.37. The number of aromatic nitrogens is 2. The fourth-order valence-electron chi connectivity index (χ4n) is 3.61. The summed E-state index contributed by atoms with van der Waals surface area (Å²) in [6.07, 6.45) is 5.11. The molecule has 4 heterocycles. The summed E-state index contributed by atoms with van der Waals surface area (Å²) in [6, 6.07) is 10.5. The van der Waals surface area contributed by atoms with Gasteiger partial charge in [-0.1, -0.05) is 6.07 Å². The van der Waals surface area contributed by atoms with Gasteiger partial charge in [0.2, 0.25) is 0 Å². The van der Waals surface area contributed by atoms with Crippen molar-refractivity contribution in [2.24, 2.45) is 0 Å². The number of anilines is 1. The van der Waals surface area contributed by atoms with Crippen LogP contribution in [-0.4, -0.2) is 41.7 Å². The van der Waals surface area contributed by atoms with Crippen molar-refractivity contribution >= 4 is 28.7 Å². The first-order chi connectivity index (χ1) is 12.4. The molecule has 0 aliphatic carbocycles. The molecule has 0 bridgehead atoms. The van der Waals surface area contributed by atoms with Gasteiger partial charge in [-0.3, -0.25) is 8.96 Å². The van der Waals surface area contributed by atoms with Crippen molar-refractivity contribution in [2.75, 3.05) is 37.7 Å². The number of hydrogen-bond donors (Lipinski definition) is 1. The zero-order chi connectivity index (χ0) is 16.6. The van der Waals surface area contributed by atoms with E-state index in [1.54, 1.807) is 11.9 Å². The molecule has 0 saturated carbocycles. The highest BCUT2D eigenvalue weighted by molar-refractivity contribution is 7.98. The third-order valence-corrected chi connectivity index (χ3v) is 5.94. The minimum Gasteiger partial charge on any atom is -0.493 e. The molecule has 0 radical (unpaired) electrons. The van der Waals surface area contributed by atoms with Crippen molar-refractivity contribution < 1.29 is 4.74 Å². The van der Waals surface area contributed by atoms with Crippen molar-refractivity contribution in [1.82, 2.24) is 14.3 Å². The molecule has 2 aliphatic rings. The van der Waals surface area contributed by atoms with E-state index in [-0.39, 0.29) is 0 Å². The molecule has 1 fully saturated rings. The largest absolute Gasteiger partial charge is 0.493 e. The van der Waals surface area contributed by atoms with Crippen molar-refractivity contribution in [3.05, 3.63) is 48.3 Å². The van der Waals surface area contributed by atoms with E-state index in [4.69, 9.17) is 4.74 Å². The van der Waals surface area contributed by atoms with E-state index in [1.165, 1.54) is 16.1 Å². The number of rotatable bonds is 3. The number of hydrogen-bond acceptors (Lipinski definition) is 5. The third-order valence-electron chi connectivity index (χ3n) is 4.86. The molecule has 0 atom stereocenters. The van der Waals surface area contributed by atoms with Crippen LogP contribution in [0.3, 0.4) is 0 Å². The van der Waals surface area contributed by atoms with Gasteiger partial charge in [0.25, 0.3) is 0 Å². The Morgan fingerprint density at radius 1 is 1.12 bits per heavy atom. The molecule has 3 aromatic rings. The second kappa shape index (κ2) is 6.28.